The van der Waals surface area contributed by atoms with Crippen molar-refractivity contribution in [3.05, 3.63) is 43.8 Å². The Hall–Kier alpha value is -0.710. The van der Waals surface area contributed by atoms with E-state index in [-0.39, 0.29) is 29.5 Å². The zero-order valence-corrected chi connectivity index (χ0v) is 20.2. The molecule has 4 nitrogen and oxygen atoms in total. The lowest BCUT2D eigenvalue weighted by atomic mass is 10.3. The first-order valence-electron chi connectivity index (χ1n) is 8.85. The first-order valence-corrected chi connectivity index (χ1v) is 11.5. The van der Waals surface area contributed by atoms with Crippen LogP contribution in [0.3, 0.4) is 0 Å². The first kappa shape index (κ1) is 21.0. The molecule has 0 unspecified atom stereocenters. The van der Waals surface area contributed by atoms with Gasteiger partial charge in [0.25, 0.3) is 5.56 Å². The van der Waals surface area contributed by atoms with Crippen LogP contribution in [0.5, 0.6) is 0 Å². The average molecular weight is 532 g/mol. The fourth-order valence-electron chi connectivity index (χ4n) is 3.28. The van der Waals surface area contributed by atoms with E-state index in [2.05, 4.69) is 34.6 Å². The van der Waals surface area contributed by atoms with Gasteiger partial charge >= 0.3 is 0 Å². The van der Waals surface area contributed by atoms with Crippen molar-refractivity contribution in [2.45, 2.75) is 25.3 Å². The zero-order chi connectivity index (χ0) is 18.3. The third-order valence-electron chi connectivity index (χ3n) is 4.71. The fraction of sp³-hybridized carbons (Fsp3) is 0.368. The van der Waals surface area contributed by atoms with Crippen LogP contribution in [-0.4, -0.2) is 40.1 Å². The lowest BCUT2D eigenvalue weighted by Gasteiger charge is -2.11. The summed E-state index contributed by atoms with van der Waals surface area (Å²) in [6.45, 7) is 7.03. The number of thiazole rings is 1. The van der Waals surface area contributed by atoms with E-state index in [0.717, 1.165) is 33.1 Å². The Morgan fingerprint density at radius 2 is 2.04 bits per heavy atom. The number of rotatable bonds is 3. The van der Waals surface area contributed by atoms with E-state index in [1.807, 2.05) is 42.4 Å². The Morgan fingerprint density at radius 1 is 1.26 bits per heavy atom. The van der Waals surface area contributed by atoms with Crippen LogP contribution in [0.25, 0.3) is 11.1 Å². The highest BCUT2D eigenvalue weighted by Crippen LogP contribution is 2.44. The predicted molar refractivity (Wildman–Crippen MR) is 115 cm³/mol. The van der Waals surface area contributed by atoms with E-state index < -0.39 is 0 Å². The number of para-hydroxylation sites is 1. The van der Waals surface area contributed by atoms with Crippen LogP contribution in [0.2, 0.25) is 0 Å². The van der Waals surface area contributed by atoms with E-state index >= 15 is 0 Å². The van der Waals surface area contributed by atoms with Gasteiger partial charge in [-0.25, -0.2) is 4.58 Å². The van der Waals surface area contributed by atoms with Crippen molar-refractivity contribution in [1.29, 1.82) is 0 Å². The van der Waals surface area contributed by atoms with Gasteiger partial charge in [-0.05, 0) is 26.0 Å². The van der Waals surface area contributed by atoms with Crippen LogP contribution in [0, 0.1) is 0 Å². The van der Waals surface area contributed by atoms with Crippen molar-refractivity contribution < 1.29 is 28.6 Å². The second kappa shape index (κ2) is 8.75. The maximum Gasteiger partial charge on any atom is 0.271 e. The van der Waals surface area contributed by atoms with Crippen LogP contribution in [0.4, 0.5) is 5.69 Å². The summed E-state index contributed by atoms with van der Waals surface area (Å²) in [6, 6.07) is 8.32. The molecule has 0 bridgehead atoms. The van der Waals surface area contributed by atoms with Crippen LogP contribution in [-0.2, 0) is 6.54 Å². The van der Waals surface area contributed by atoms with Gasteiger partial charge in [-0.3, -0.25) is 9.36 Å². The molecule has 1 aromatic carbocycles. The maximum atomic E-state index is 13.1. The van der Waals surface area contributed by atoms with Crippen molar-refractivity contribution in [2.24, 2.45) is 0 Å². The minimum Gasteiger partial charge on any atom is -1.00 e. The molecule has 2 aromatic rings. The number of benzene rings is 1. The molecule has 0 spiro atoms. The third kappa shape index (κ3) is 3.77. The van der Waals surface area contributed by atoms with Gasteiger partial charge in [-0.2, -0.15) is 0 Å². The number of hydrogen-bond donors (Lipinski definition) is 0. The van der Waals surface area contributed by atoms with Crippen LogP contribution < -0.4 is 43.6 Å². The predicted octanol–water partition coefficient (Wildman–Crippen LogP) is -0.800. The number of anilines is 1. The van der Waals surface area contributed by atoms with E-state index in [1.165, 1.54) is 15.6 Å². The second-order valence-electron chi connectivity index (χ2n) is 6.16. The van der Waals surface area contributed by atoms with Gasteiger partial charge in [0.05, 0.1) is 17.5 Å². The molecule has 0 atom stereocenters. The Kier molecular flexibility index (Phi) is 6.81. The Labute approximate surface area is 188 Å². The normalized spacial score (nSPS) is 18.9. The topological polar surface area (TPSA) is 28.2 Å². The van der Waals surface area contributed by atoms with E-state index in [0.29, 0.717) is 6.54 Å². The molecule has 4 rings (SSSR count). The zero-order valence-electron chi connectivity index (χ0n) is 15.6. The molecule has 2 aliphatic heterocycles. The average Bonchev–Trinajstić information content (AvgIpc) is 3.32. The summed E-state index contributed by atoms with van der Waals surface area (Å²) < 4.78 is 6.18. The smallest absolute Gasteiger partial charge is 0.271 e. The molecule has 1 aromatic heterocycles. The summed E-state index contributed by atoms with van der Waals surface area (Å²) in [4.78, 5) is 16.5. The lowest BCUT2D eigenvalue weighted by Crippen LogP contribution is -3.00. The molecule has 0 radical (unpaired) electrons. The van der Waals surface area contributed by atoms with Crippen molar-refractivity contribution >= 4 is 56.7 Å². The summed E-state index contributed by atoms with van der Waals surface area (Å²) in [7, 11) is 2.05. The van der Waals surface area contributed by atoms with E-state index in [9.17, 15) is 4.79 Å². The van der Waals surface area contributed by atoms with Crippen LogP contribution >= 0.6 is 34.9 Å². The van der Waals surface area contributed by atoms with E-state index in [1.54, 1.807) is 23.1 Å². The summed E-state index contributed by atoms with van der Waals surface area (Å²) in [6.07, 6.45) is 2.20. The van der Waals surface area contributed by atoms with Gasteiger partial charge in [0.1, 0.15) is 20.8 Å². The fourth-order valence-corrected chi connectivity index (χ4v) is 6.93. The Morgan fingerprint density at radius 3 is 2.74 bits per heavy atom. The molecule has 0 aliphatic carbocycles. The molecule has 0 saturated heterocycles. The highest BCUT2D eigenvalue weighted by Gasteiger charge is 2.25. The van der Waals surface area contributed by atoms with Crippen molar-refractivity contribution in [2.75, 3.05) is 30.8 Å². The minimum atomic E-state index is 0. The molecular formula is C19H22IN3OS3. The number of halogens is 1. The highest BCUT2D eigenvalue weighted by atomic mass is 127. The first-order chi connectivity index (χ1) is 12.6. The SMILES string of the molecule is CCn1c(=CC2=[N+](CC)CCS2)s/c(=C2\Sc3ccccc3N2C)c1=O.[I-]. The number of aromatic nitrogens is 1. The lowest BCUT2D eigenvalue weighted by molar-refractivity contribution is -0.512. The minimum absolute atomic E-state index is 0. The van der Waals surface area contributed by atoms with Gasteiger partial charge in [-0.1, -0.05) is 35.7 Å². The Balaban J connectivity index is 0.00000210. The van der Waals surface area contributed by atoms with Crippen molar-refractivity contribution in [1.82, 2.24) is 4.57 Å². The summed E-state index contributed by atoms with van der Waals surface area (Å²) in [5.41, 5.74) is 1.30. The third-order valence-corrected chi connectivity index (χ3v) is 8.26. The second-order valence-corrected chi connectivity index (χ2v) is 9.34. The number of nitrogens with zero attached hydrogens (tertiary/aromatic N) is 3. The quantitative estimate of drug-likeness (QED) is 0.383. The molecule has 8 heteroatoms. The van der Waals surface area contributed by atoms with E-state index in [4.69, 9.17) is 0 Å². The van der Waals surface area contributed by atoms with Gasteiger partial charge in [0.15, 0.2) is 6.54 Å². The van der Waals surface area contributed by atoms with Crippen molar-refractivity contribution in [3.8, 4) is 0 Å². The molecule has 0 saturated carbocycles. The van der Waals surface area contributed by atoms with Crippen molar-refractivity contribution in [3.63, 3.8) is 0 Å². The Bertz CT molecular complexity index is 1070. The molecule has 144 valence electrons. The largest absolute Gasteiger partial charge is 1.00 e. The summed E-state index contributed by atoms with van der Waals surface area (Å²) in [5, 5.41) is 2.32. The number of fused-ring (bicyclic) bond motifs is 1. The number of hydrogen-bond acceptors (Lipinski definition) is 5. The monoisotopic (exact) mass is 531 g/mol. The van der Waals surface area contributed by atoms with Gasteiger partial charge < -0.3 is 28.9 Å². The maximum absolute atomic E-state index is 13.1. The molecule has 0 amide bonds. The van der Waals surface area contributed by atoms with Gasteiger partial charge in [-0.15, -0.1) is 11.3 Å². The molecule has 2 aliphatic rings. The molecule has 27 heavy (non-hydrogen) atoms. The highest BCUT2D eigenvalue weighted by molar-refractivity contribution is 8.14. The van der Waals surface area contributed by atoms with Gasteiger partial charge in [0, 0.05) is 18.5 Å². The van der Waals surface area contributed by atoms with Gasteiger partial charge in [0.2, 0.25) is 5.04 Å². The summed E-state index contributed by atoms with van der Waals surface area (Å²) in [5.74, 6) is 1.12. The summed E-state index contributed by atoms with van der Waals surface area (Å²) >= 11 is 5.19. The molecule has 3 heterocycles. The molecular weight excluding hydrogens is 509 g/mol. The van der Waals surface area contributed by atoms with Crippen LogP contribution in [0.15, 0.2) is 34.0 Å². The standard InChI is InChI=1S/C19H22N3OS3.HI/c1-4-21-10-11-24-15(21)12-16-22(5-2)18(23)17(26-16)19-20(3)13-8-6-7-9-14(13)25-19;/h6-9,12H,4-5,10-11H2,1-3H3;1H/q+1;/p-1/b19-17-;. The molecule has 0 fully saturated rings. The number of thioether (sulfide) groups is 2. The molecule has 0 N–H and O–H groups in total. The van der Waals surface area contributed by atoms with Crippen LogP contribution in [0.1, 0.15) is 13.8 Å².